The van der Waals surface area contributed by atoms with Crippen LogP contribution in [0.4, 0.5) is 4.39 Å². The third kappa shape index (κ3) is 4.64. The highest BCUT2D eigenvalue weighted by Crippen LogP contribution is 2.39. The molecule has 1 amide bonds. The molecule has 0 radical (unpaired) electrons. The van der Waals surface area contributed by atoms with Crippen molar-refractivity contribution in [2.75, 3.05) is 19.7 Å². The molecule has 4 nitrogen and oxygen atoms in total. The Hall–Kier alpha value is -3.18. The molecule has 1 spiro atoms. The summed E-state index contributed by atoms with van der Waals surface area (Å²) in [5.74, 6) is -0.279. The Balaban J connectivity index is 1.25. The largest absolute Gasteiger partial charge is 0.485 e. The van der Waals surface area contributed by atoms with Crippen LogP contribution >= 0.6 is 0 Å². The third-order valence-electron chi connectivity index (χ3n) is 6.80. The maximum absolute atomic E-state index is 14.0. The van der Waals surface area contributed by atoms with Gasteiger partial charge in [-0.05, 0) is 36.1 Å². The Morgan fingerprint density at radius 3 is 2.09 bits per heavy atom. The molecule has 3 aromatic carbocycles. The second-order valence-electron chi connectivity index (χ2n) is 8.95. The Bertz CT molecular complexity index is 1040. The van der Waals surface area contributed by atoms with Gasteiger partial charge >= 0.3 is 0 Å². The molecule has 5 heteroatoms. The van der Waals surface area contributed by atoms with Gasteiger partial charge in [0, 0.05) is 19.5 Å². The predicted octanol–water partition coefficient (Wildman–Crippen LogP) is 5.19. The molecule has 2 fully saturated rings. The van der Waals surface area contributed by atoms with Gasteiger partial charge in [0.2, 0.25) is 5.91 Å². The lowest BCUT2D eigenvalue weighted by Crippen LogP contribution is -2.48. The minimum atomic E-state index is -0.355. The number of carbonyl (C=O) groups is 1. The molecule has 2 aliphatic heterocycles. The molecule has 1 atom stereocenters. The quantitative estimate of drug-likeness (QED) is 0.543. The van der Waals surface area contributed by atoms with E-state index in [0.717, 1.165) is 24.0 Å². The summed E-state index contributed by atoms with van der Waals surface area (Å²) in [6, 6.07) is 26.4. The molecular weight excluding hydrogens is 417 g/mol. The highest BCUT2D eigenvalue weighted by atomic mass is 19.1. The lowest BCUT2D eigenvalue weighted by atomic mass is 9.85. The molecular formula is C28H28FNO3. The van der Waals surface area contributed by atoms with E-state index in [0.29, 0.717) is 26.1 Å². The van der Waals surface area contributed by atoms with E-state index >= 15 is 0 Å². The van der Waals surface area contributed by atoms with Gasteiger partial charge in [-0.3, -0.25) is 4.79 Å². The number of para-hydroxylation sites is 1. The zero-order chi connectivity index (χ0) is 22.7. The first kappa shape index (κ1) is 21.7. The summed E-state index contributed by atoms with van der Waals surface area (Å²) in [6.07, 6.45) is 2.05. The molecule has 33 heavy (non-hydrogen) atoms. The van der Waals surface area contributed by atoms with Crippen molar-refractivity contribution in [1.29, 1.82) is 0 Å². The van der Waals surface area contributed by atoms with Crippen molar-refractivity contribution in [3.05, 3.63) is 102 Å². The highest BCUT2D eigenvalue weighted by Gasteiger charge is 2.45. The molecule has 170 valence electrons. The van der Waals surface area contributed by atoms with Crippen LogP contribution < -0.4 is 4.74 Å². The maximum atomic E-state index is 14.0. The normalized spacial score (nSPS) is 19.7. The Kier molecular flexibility index (Phi) is 6.14. The Morgan fingerprint density at radius 1 is 0.909 bits per heavy atom. The van der Waals surface area contributed by atoms with E-state index in [4.69, 9.17) is 9.47 Å². The van der Waals surface area contributed by atoms with Crippen molar-refractivity contribution in [2.45, 2.75) is 36.9 Å². The zero-order valence-electron chi connectivity index (χ0n) is 18.5. The SMILES string of the molecule is O=C(C(c1ccccc1)c1ccccc1)N1CCC2(CC1)CC(Oc1ccccc1F)CO2. The smallest absolute Gasteiger partial charge is 0.234 e. The number of ether oxygens (including phenoxy) is 2. The highest BCUT2D eigenvalue weighted by molar-refractivity contribution is 5.87. The molecule has 0 bridgehead atoms. The minimum Gasteiger partial charge on any atom is -0.485 e. The van der Waals surface area contributed by atoms with Crippen molar-refractivity contribution in [3.63, 3.8) is 0 Å². The predicted molar refractivity (Wildman–Crippen MR) is 125 cm³/mol. The van der Waals surface area contributed by atoms with Crippen molar-refractivity contribution in [3.8, 4) is 5.75 Å². The zero-order valence-corrected chi connectivity index (χ0v) is 18.5. The van der Waals surface area contributed by atoms with Gasteiger partial charge in [0.15, 0.2) is 11.6 Å². The van der Waals surface area contributed by atoms with Crippen LogP contribution in [0.2, 0.25) is 0 Å². The fourth-order valence-corrected chi connectivity index (χ4v) is 5.03. The third-order valence-corrected chi connectivity index (χ3v) is 6.80. The number of halogens is 1. The number of nitrogens with zero attached hydrogens (tertiary/aromatic N) is 1. The second kappa shape index (κ2) is 9.36. The monoisotopic (exact) mass is 445 g/mol. The molecule has 0 aliphatic carbocycles. The van der Waals surface area contributed by atoms with Crippen LogP contribution in [0.5, 0.6) is 5.75 Å². The van der Waals surface area contributed by atoms with Crippen LogP contribution in [-0.2, 0) is 9.53 Å². The number of piperidine rings is 1. The lowest BCUT2D eigenvalue weighted by molar-refractivity contribution is -0.136. The summed E-state index contributed by atoms with van der Waals surface area (Å²) in [4.78, 5) is 15.6. The van der Waals surface area contributed by atoms with E-state index in [1.807, 2.05) is 65.6 Å². The van der Waals surface area contributed by atoms with Gasteiger partial charge in [-0.2, -0.15) is 0 Å². The van der Waals surface area contributed by atoms with Crippen LogP contribution in [-0.4, -0.2) is 42.2 Å². The first-order valence-electron chi connectivity index (χ1n) is 11.6. The van der Waals surface area contributed by atoms with E-state index in [-0.39, 0.29) is 35.1 Å². The number of rotatable bonds is 5. The van der Waals surface area contributed by atoms with Crippen LogP contribution in [0.15, 0.2) is 84.9 Å². The molecule has 0 saturated carbocycles. The van der Waals surface area contributed by atoms with Crippen molar-refractivity contribution in [2.24, 2.45) is 0 Å². The number of likely N-dealkylation sites (tertiary alicyclic amines) is 1. The van der Waals surface area contributed by atoms with Gasteiger partial charge in [0.05, 0.1) is 18.1 Å². The van der Waals surface area contributed by atoms with Gasteiger partial charge in [-0.25, -0.2) is 4.39 Å². The van der Waals surface area contributed by atoms with Crippen molar-refractivity contribution in [1.82, 2.24) is 4.90 Å². The van der Waals surface area contributed by atoms with Gasteiger partial charge in [0.25, 0.3) is 0 Å². The van der Waals surface area contributed by atoms with Gasteiger partial charge in [-0.1, -0.05) is 72.8 Å². The van der Waals surface area contributed by atoms with Crippen LogP contribution in [0, 0.1) is 5.82 Å². The molecule has 0 N–H and O–H groups in total. The Morgan fingerprint density at radius 2 is 1.48 bits per heavy atom. The fraction of sp³-hybridized carbons (Fsp3) is 0.321. The fourth-order valence-electron chi connectivity index (χ4n) is 5.03. The standard InChI is InChI=1S/C28H28FNO3/c29-24-13-7-8-14-25(24)33-23-19-28(32-20-23)15-17-30(18-16-28)27(31)26(21-9-3-1-4-10-21)22-11-5-2-6-12-22/h1-14,23,26H,15-20H2. The average Bonchev–Trinajstić information content (AvgIpc) is 3.24. The van der Waals surface area contributed by atoms with Crippen LogP contribution in [0.25, 0.3) is 0 Å². The molecule has 0 aromatic heterocycles. The maximum Gasteiger partial charge on any atom is 0.234 e. The molecule has 2 saturated heterocycles. The number of hydrogen-bond donors (Lipinski definition) is 0. The molecule has 3 aromatic rings. The number of amides is 1. The number of carbonyl (C=O) groups excluding carboxylic acids is 1. The summed E-state index contributed by atoms with van der Waals surface area (Å²) in [5.41, 5.74) is 1.70. The number of benzene rings is 3. The van der Waals surface area contributed by atoms with Gasteiger partial charge < -0.3 is 14.4 Å². The summed E-state index contributed by atoms with van der Waals surface area (Å²) >= 11 is 0. The molecule has 1 unspecified atom stereocenters. The topological polar surface area (TPSA) is 38.8 Å². The van der Waals surface area contributed by atoms with Gasteiger partial charge in [0.1, 0.15) is 6.10 Å². The van der Waals surface area contributed by atoms with Gasteiger partial charge in [-0.15, -0.1) is 0 Å². The molecule has 2 aliphatic rings. The molecule has 5 rings (SSSR count). The molecule has 2 heterocycles. The first-order valence-corrected chi connectivity index (χ1v) is 11.6. The summed E-state index contributed by atoms with van der Waals surface area (Å²) < 4.78 is 26.0. The minimum absolute atomic E-state index is 0.124. The summed E-state index contributed by atoms with van der Waals surface area (Å²) in [5, 5.41) is 0. The second-order valence-corrected chi connectivity index (χ2v) is 8.95. The van der Waals surface area contributed by atoms with E-state index in [9.17, 15) is 9.18 Å². The summed E-state index contributed by atoms with van der Waals surface area (Å²) in [7, 11) is 0. The van der Waals surface area contributed by atoms with Crippen LogP contribution in [0.3, 0.4) is 0 Å². The van der Waals surface area contributed by atoms with E-state index in [2.05, 4.69) is 0 Å². The first-order chi connectivity index (χ1) is 16.1. The van der Waals surface area contributed by atoms with Crippen LogP contribution in [0.1, 0.15) is 36.3 Å². The average molecular weight is 446 g/mol. The van der Waals surface area contributed by atoms with E-state index in [1.165, 1.54) is 6.07 Å². The van der Waals surface area contributed by atoms with Crippen molar-refractivity contribution < 1.29 is 18.7 Å². The van der Waals surface area contributed by atoms with Crippen molar-refractivity contribution >= 4 is 5.91 Å². The number of hydrogen-bond acceptors (Lipinski definition) is 3. The van der Waals surface area contributed by atoms with E-state index < -0.39 is 0 Å². The van der Waals surface area contributed by atoms with E-state index in [1.54, 1.807) is 18.2 Å². The Labute approximate surface area is 193 Å². The lowest BCUT2D eigenvalue weighted by Gasteiger charge is -2.39. The summed E-state index contributed by atoms with van der Waals surface area (Å²) in [6.45, 7) is 1.72.